The quantitative estimate of drug-likeness (QED) is 0.801. The molecule has 1 saturated carbocycles. The van der Waals surface area contributed by atoms with Gasteiger partial charge in [0.2, 0.25) is 0 Å². The van der Waals surface area contributed by atoms with E-state index in [9.17, 15) is 4.79 Å². The van der Waals surface area contributed by atoms with Crippen LogP contribution in [-0.4, -0.2) is 33.7 Å². The molecule has 1 fully saturated rings. The summed E-state index contributed by atoms with van der Waals surface area (Å²) in [7, 11) is 0. The summed E-state index contributed by atoms with van der Waals surface area (Å²) >= 11 is 3.41. The molecule has 0 bridgehead atoms. The summed E-state index contributed by atoms with van der Waals surface area (Å²) in [6, 6.07) is 6.02. The molecule has 1 aliphatic rings. The van der Waals surface area contributed by atoms with Gasteiger partial charge >= 0.3 is 0 Å². The molecule has 0 aromatic carbocycles. The lowest BCUT2D eigenvalue weighted by molar-refractivity contribution is 0.0593. The van der Waals surface area contributed by atoms with Crippen molar-refractivity contribution in [2.75, 3.05) is 11.9 Å². The monoisotopic (exact) mass is 296 g/mol. The zero-order chi connectivity index (χ0) is 12.3. The lowest BCUT2D eigenvalue weighted by atomic mass is 9.91. The minimum absolute atomic E-state index is 0.0675. The SMILES string of the molecule is Cc1cccc(C(=O)N(CCBr)C2CCC2)n1. The summed E-state index contributed by atoms with van der Waals surface area (Å²) in [5.41, 5.74) is 1.46. The fourth-order valence-corrected chi connectivity index (χ4v) is 2.43. The van der Waals surface area contributed by atoms with Crippen LogP contribution >= 0.6 is 15.9 Å². The van der Waals surface area contributed by atoms with Crippen molar-refractivity contribution in [2.24, 2.45) is 0 Å². The first-order valence-corrected chi connectivity index (χ1v) is 7.15. The van der Waals surface area contributed by atoms with E-state index in [1.807, 2.05) is 24.0 Å². The summed E-state index contributed by atoms with van der Waals surface area (Å²) in [5, 5.41) is 0.820. The molecule has 0 atom stereocenters. The fourth-order valence-electron chi connectivity index (χ4n) is 2.05. The summed E-state index contributed by atoms with van der Waals surface area (Å²) in [4.78, 5) is 18.6. The van der Waals surface area contributed by atoms with Crippen LogP contribution < -0.4 is 0 Å². The molecule has 1 heterocycles. The number of hydrogen-bond acceptors (Lipinski definition) is 2. The van der Waals surface area contributed by atoms with Crippen LogP contribution in [0.4, 0.5) is 0 Å². The first kappa shape index (κ1) is 12.6. The van der Waals surface area contributed by atoms with Gasteiger partial charge in [0.15, 0.2) is 0 Å². The molecule has 4 heteroatoms. The van der Waals surface area contributed by atoms with E-state index < -0.39 is 0 Å². The predicted molar refractivity (Wildman–Crippen MR) is 71.4 cm³/mol. The second-order valence-corrected chi connectivity index (χ2v) is 5.23. The van der Waals surface area contributed by atoms with E-state index in [0.717, 1.165) is 30.4 Å². The molecule has 1 amide bonds. The number of pyridine rings is 1. The number of alkyl halides is 1. The number of nitrogens with zero attached hydrogens (tertiary/aromatic N) is 2. The number of rotatable bonds is 4. The Morgan fingerprint density at radius 3 is 2.82 bits per heavy atom. The highest BCUT2D eigenvalue weighted by Gasteiger charge is 2.29. The maximum Gasteiger partial charge on any atom is 0.272 e. The van der Waals surface area contributed by atoms with Crippen LogP contribution in [0.1, 0.15) is 35.4 Å². The molecule has 1 aliphatic carbocycles. The number of amides is 1. The molecule has 3 nitrogen and oxygen atoms in total. The summed E-state index contributed by atoms with van der Waals surface area (Å²) < 4.78 is 0. The van der Waals surface area contributed by atoms with Crippen LogP contribution in [0.15, 0.2) is 18.2 Å². The standard InChI is InChI=1S/C13H17BrN2O/c1-10-4-2-7-12(15-10)13(17)16(9-8-14)11-5-3-6-11/h2,4,7,11H,3,5-6,8-9H2,1H3. The fraction of sp³-hybridized carbons (Fsp3) is 0.538. The number of halogens is 1. The highest BCUT2D eigenvalue weighted by atomic mass is 79.9. The van der Waals surface area contributed by atoms with E-state index in [2.05, 4.69) is 20.9 Å². The van der Waals surface area contributed by atoms with E-state index in [1.54, 1.807) is 6.07 Å². The average Bonchev–Trinajstić information content (AvgIpc) is 2.25. The van der Waals surface area contributed by atoms with Crippen molar-refractivity contribution >= 4 is 21.8 Å². The molecule has 1 aromatic heterocycles. The van der Waals surface area contributed by atoms with E-state index in [4.69, 9.17) is 0 Å². The van der Waals surface area contributed by atoms with Crippen molar-refractivity contribution in [2.45, 2.75) is 32.2 Å². The average molecular weight is 297 g/mol. The van der Waals surface area contributed by atoms with E-state index in [1.165, 1.54) is 6.42 Å². The van der Waals surface area contributed by atoms with Crippen LogP contribution in [0, 0.1) is 6.92 Å². The molecule has 0 aliphatic heterocycles. The van der Waals surface area contributed by atoms with Crippen molar-refractivity contribution in [3.8, 4) is 0 Å². The second kappa shape index (κ2) is 5.63. The molecular formula is C13H17BrN2O. The smallest absolute Gasteiger partial charge is 0.272 e. The third-order valence-electron chi connectivity index (χ3n) is 3.21. The molecule has 1 aromatic rings. The normalized spacial score (nSPS) is 15.4. The summed E-state index contributed by atoms with van der Waals surface area (Å²) in [6.45, 7) is 2.67. The van der Waals surface area contributed by atoms with Crippen molar-refractivity contribution in [1.29, 1.82) is 0 Å². The van der Waals surface area contributed by atoms with Gasteiger partial charge in [-0.2, -0.15) is 0 Å². The van der Waals surface area contributed by atoms with Gasteiger partial charge in [0.1, 0.15) is 5.69 Å². The van der Waals surface area contributed by atoms with Crippen molar-refractivity contribution < 1.29 is 4.79 Å². The minimum Gasteiger partial charge on any atom is -0.333 e. The predicted octanol–water partition coefficient (Wildman–Crippen LogP) is 2.78. The highest BCUT2D eigenvalue weighted by Crippen LogP contribution is 2.26. The van der Waals surface area contributed by atoms with Gasteiger partial charge in [-0.1, -0.05) is 22.0 Å². The van der Waals surface area contributed by atoms with Crippen LogP contribution in [0.2, 0.25) is 0 Å². The van der Waals surface area contributed by atoms with Gasteiger partial charge in [0, 0.05) is 23.6 Å². The van der Waals surface area contributed by atoms with Gasteiger partial charge in [-0.05, 0) is 38.3 Å². The number of aryl methyl sites for hydroxylation is 1. The first-order valence-electron chi connectivity index (χ1n) is 6.03. The van der Waals surface area contributed by atoms with Crippen molar-refractivity contribution in [3.05, 3.63) is 29.6 Å². The van der Waals surface area contributed by atoms with Crippen LogP contribution in [0.25, 0.3) is 0 Å². The Morgan fingerprint density at radius 1 is 1.53 bits per heavy atom. The largest absolute Gasteiger partial charge is 0.333 e. The Morgan fingerprint density at radius 2 is 2.29 bits per heavy atom. The van der Waals surface area contributed by atoms with Crippen LogP contribution in [0.5, 0.6) is 0 Å². The molecule has 2 rings (SSSR count). The van der Waals surface area contributed by atoms with Gasteiger partial charge in [-0.15, -0.1) is 0 Å². The number of carbonyl (C=O) groups is 1. The Kier molecular flexibility index (Phi) is 4.15. The number of hydrogen-bond donors (Lipinski definition) is 0. The zero-order valence-corrected chi connectivity index (χ0v) is 11.6. The molecule has 0 radical (unpaired) electrons. The molecule has 92 valence electrons. The zero-order valence-electron chi connectivity index (χ0n) is 10.0. The summed E-state index contributed by atoms with van der Waals surface area (Å²) in [5.74, 6) is 0.0675. The van der Waals surface area contributed by atoms with Gasteiger partial charge in [0.05, 0.1) is 0 Å². The Balaban J connectivity index is 2.15. The first-order chi connectivity index (χ1) is 8.22. The van der Waals surface area contributed by atoms with E-state index >= 15 is 0 Å². The van der Waals surface area contributed by atoms with Crippen molar-refractivity contribution in [3.63, 3.8) is 0 Å². The molecule has 0 spiro atoms. The lowest BCUT2D eigenvalue weighted by Gasteiger charge is -2.37. The molecular weight excluding hydrogens is 280 g/mol. The number of aromatic nitrogens is 1. The maximum absolute atomic E-state index is 12.4. The highest BCUT2D eigenvalue weighted by molar-refractivity contribution is 9.09. The van der Waals surface area contributed by atoms with E-state index in [0.29, 0.717) is 11.7 Å². The Labute approximate surface area is 110 Å². The molecule has 0 unspecified atom stereocenters. The maximum atomic E-state index is 12.4. The Bertz CT molecular complexity index is 404. The van der Waals surface area contributed by atoms with Crippen LogP contribution in [-0.2, 0) is 0 Å². The van der Waals surface area contributed by atoms with Gasteiger partial charge in [0.25, 0.3) is 5.91 Å². The molecule has 0 N–H and O–H groups in total. The van der Waals surface area contributed by atoms with Gasteiger partial charge in [-0.25, -0.2) is 4.98 Å². The second-order valence-electron chi connectivity index (χ2n) is 4.44. The van der Waals surface area contributed by atoms with Crippen molar-refractivity contribution in [1.82, 2.24) is 9.88 Å². The molecule has 17 heavy (non-hydrogen) atoms. The number of carbonyl (C=O) groups excluding carboxylic acids is 1. The third kappa shape index (κ3) is 2.86. The van der Waals surface area contributed by atoms with Crippen LogP contribution in [0.3, 0.4) is 0 Å². The topological polar surface area (TPSA) is 33.2 Å². The lowest BCUT2D eigenvalue weighted by Crippen LogP contribution is -2.45. The minimum atomic E-state index is 0.0675. The van der Waals surface area contributed by atoms with E-state index in [-0.39, 0.29) is 5.91 Å². The van der Waals surface area contributed by atoms with Gasteiger partial charge in [-0.3, -0.25) is 4.79 Å². The summed E-state index contributed by atoms with van der Waals surface area (Å²) in [6.07, 6.45) is 3.49. The third-order valence-corrected chi connectivity index (χ3v) is 3.56. The Hall–Kier alpha value is -0.900. The van der Waals surface area contributed by atoms with Gasteiger partial charge < -0.3 is 4.90 Å². The molecule has 0 saturated heterocycles.